The fourth-order valence-corrected chi connectivity index (χ4v) is 5.37. The molecule has 1 N–H and O–H groups in total. The fourth-order valence-electron chi connectivity index (χ4n) is 5.19. The highest BCUT2D eigenvalue weighted by atomic mass is 35.5. The standard InChI is InChI=1S/C27H31ClN4O3/c1-18-12-13-20(15-21(18)28)32-25(33)23-16-22(24-11-8-14-35-24)30-31(23)17-27(32,2)26(34)29-19-9-6-4-3-5-7-10-19/h8,11-16,19H,3-7,9-10,17H2,1-2H3,(H,29,34)/t27-/m0/s1. The summed E-state index contributed by atoms with van der Waals surface area (Å²) in [6.45, 7) is 3.95. The number of rotatable bonds is 4. The van der Waals surface area contributed by atoms with E-state index in [0.717, 1.165) is 31.2 Å². The van der Waals surface area contributed by atoms with E-state index in [-0.39, 0.29) is 24.4 Å². The van der Waals surface area contributed by atoms with Gasteiger partial charge in [-0.3, -0.25) is 19.2 Å². The molecule has 0 saturated heterocycles. The molecule has 35 heavy (non-hydrogen) atoms. The van der Waals surface area contributed by atoms with E-state index in [1.54, 1.807) is 40.1 Å². The van der Waals surface area contributed by atoms with Crippen molar-refractivity contribution in [3.63, 3.8) is 0 Å². The van der Waals surface area contributed by atoms with Gasteiger partial charge in [0.1, 0.15) is 16.9 Å². The number of carbonyl (C=O) groups excluding carboxylic acids is 2. The molecule has 3 heterocycles. The molecule has 1 fully saturated rings. The Morgan fingerprint density at radius 2 is 1.89 bits per heavy atom. The predicted molar refractivity (Wildman–Crippen MR) is 136 cm³/mol. The van der Waals surface area contributed by atoms with Crippen LogP contribution in [0.5, 0.6) is 0 Å². The molecule has 184 valence electrons. The molecule has 2 aromatic heterocycles. The molecule has 1 atom stereocenters. The average molecular weight is 495 g/mol. The largest absolute Gasteiger partial charge is 0.463 e. The molecule has 0 unspecified atom stereocenters. The molecule has 1 saturated carbocycles. The third kappa shape index (κ3) is 4.49. The normalized spacial score (nSPS) is 21.3. The number of amides is 2. The van der Waals surface area contributed by atoms with Crippen LogP contribution >= 0.6 is 11.6 Å². The van der Waals surface area contributed by atoms with Crippen molar-refractivity contribution in [2.24, 2.45) is 0 Å². The molecule has 3 aromatic rings. The number of nitrogens with zero attached hydrogens (tertiary/aromatic N) is 3. The van der Waals surface area contributed by atoms with Crippen molar-refractivity contribution in [1.82, 2.24) is 15.1 Å². The van der Waals surface area contributed by atoms with E-state index in [1.807, 2.05) is 26.0 Å². The van der Waals surface area contributed by atoms with Gasteiger partial charge >= 0.3 is 0 Å². The van der Waals surface area contributed by atoms with Gasteiger partial charge in [0.2, 0.25) is 5.91 Å². The summed E-state index contributed by atoms with van der Waals surface area (Å²) in [5.41, 5.74) is 1.28. The minimum Gasteiger partial charge on any atom is -0.463 e. The Morgan fingerprint density at radius 1 is 1.14 bits per heavy atom. The van der Waals surface area contributed by atoms with Crippen LogP contribution in [0.15, 0.2) is 47.1 Å². The van der Waals surface area contributed by atoms with Crippen LogP contribution in [0, 0.1) is 6.92 Å². The van der Waals surface area contributed by atoms with Gasteiger partial charge in [-0.25, -0.2) is 0 Å². The Hall–Kier alpha value is -3.06. The summed E-state index contributed by atoms with van der Waals surface area (Å²) in [6.07, 6.45) is 9.35. The molecule has 7 nitrogen and oxygen atoms in total. The van der Waals surface area contributed by atoms with Crippen LogP contribution in [0.2, 0.25) is 5.02 Å². The number of anilines is 1. The van der Waals surface area contributed by atoms with Crippen LogP contribution in [-0.2, 0) is 11.3 Å². The number of hydrogen-bond donors (Lipinski definition) is 1. The highest BCUT2D eigenvalue weighted by Gasteiger charge is 2.49. The molecule has 2 aliphatic rings. The molecule has 5 rings (SSSR count). The molecule has 1 aliphatic heterocycles. The number of nitrogens with one attached hydrogen (secondary N) is 1. The Morgan fingerprint density at radius 3 is 2.57 bits per heavy atom. The first-order valence-electron chi connectivity index (χ1n) is 12.4. The molecule has 0 spiro atoms. The summed E-state index contributed by atoms with van der Waals surface area (Å²) >= 11 is 6.45. The molecule has 1 aromatic carbocycles. The van der Waals surface area contributed by atoms with Gasteiger partial charge in [-0.2, -0.15) is 5.10 Å². The van der Waals surface area contributed by atoms with Crippen LogP contribution < -0.4 is 10.2 Å². The number of aromatic nitrogens is 2. The van der Waals surface area contributed by atoms with E-state index in [1.165, 1.54) is 19.3 Å². The maximum Gasteiger partial charge on any atom is 0.277 e. The number of benzene rings is 1. The lowest BCUT2D eigenvalue weighted by Gasteiger charge is -2.44. The second-order valence-corrected chi connectivity index (χ2v) is 10.3. The van der Waals surface area contributed by atoms with Gasteiger partial charge in [-0.15, -0.1) is 0 Å². The van der Waals surface area contributed by atoms with Crippen molar-refractivity contribution in [1.29, 1.82) is 0 Å². The third-order valence-corrected chi connectivity index (χ3v) is 7.68. The third-order valence-electron chi connectivity index (χ3n) is 7.27. The van der Waals surface area contributed by atoms with Gasteiger partial charge in [0.05, 0.1) is 12.8 Å². The topological polar surface area (TPSA) is 80.4 Å². The van der Waals surface area contributed by atoms with E-state index in [0.29, 0.717) is 27.9 Å². The Balaban J connectivity index is 1.54. The van der Waals surface area contributed by atoms with Gasteiger partial charge in [0, 0.05) is 22.8 Å². The van der Waals surface area contributed by atoms with Crippen molar-refractivity contribution < 1.29 is 14.0 Å². The lowest BCUT2D eigenvalue weighted by atomic mass is 9.91. The maximum atomic E-state index is 13.9. The molecular weight excluding hydrogens is 464 g/mol. The first kappa shape index (κ1) is 23.7. The molecular formula is C27H31ClN4O3. The van der Waals surface area contributed by atoms with E-state index in [2.05, 4.69) is 10.4 Å². The SMILES string of the molecule is Cc1ccc(N2C(=O)c3cc(-c4ccco4)nn3C[C@@]2(C)C(=O)NC2CCCCCCC2)cc1Cl. The lowest BCUT2D eigenvalue weighted by Crippen LogP contribution is -2.65. The van der Waals surface area contributed by atoms with Gasteiger partial charge in [-0.1, -0.05) is 49.8 Å². The van der Waals surface area contributed by atoms with E-state index in [4.69, 9.17) is 16.0 Å². The molecule has 0 radical (unpaired) electrons. The molecule has 8 heteroatoms. The summed E-state index contributed by atoms with van der Waals surface area (Å²) in [5.74, 6) is 0.107. The summed E-state index contributed by atoms with van der Waals surface area (Å²) in [7, 11) is 0. The molecule has 0 bridgehead atoms. The number of carbonyl (C=O) groups is 2. The summed E-state index contributed by atoms with van der Waals surface area (Å²) in [5, 5.41) is 8.46. The summed E-state index contributed by atoms with van der Waals surface area (Å²) in [6, 6.07) is 10.9. The molecule has 2 amide bonds. The number of hydrogen-bond acceptors (Lipinski definition) is 4. The van der Waals surface area contributed by atoms with Crippen molar-refractivity contribution >= 4 is 29.1 Å². The minimum absolute atomic E-state index is 0.107. The van der Waals surface area contributed by atoms with Gasteiger partial charge < -0.3 is 9.73 Å². The quantitative estimate of drug-likeness (QED) is 0.500. The Kier molecular flexibility index (Phi) is 6.45. The molecule has 1 aliphatic carbocycles. The van der Waals surface area contributed by atoms with Crippen molar-refractivity contribution in [3.05, 3.63) is 58.9 Å². The summed E-state index contributed by atoms with van der Waals surface area (Å²) in [4.78, 5) is 29.4. The highest BCUT2D eigenvalue weighted by molar-refractivity contribution is 6.31. The van der Waals surface area contributed by atoms with Gasteiger partial charge in [0.25, 0.3) is 5.91 Å². The Labute approximate surface area is 210 Å². The first-order valence-corrected chi connectivity index (χ1v) is 12.8. The van der Waals surface area contributed by atoms with E-state index in [9.17, 15) is 9.59 Å². The van der Waals surface area contributed by atoms with Crippen molar-refractivity contribution in [2.75, 3.05) is 4.90 Å². The van der Waals surface area contributed by atoms with Gasteiger partial charge in [0.15, 0.2) is 5.76 Å². The highest BCUT2D eigenvalue weighted by Crippen LogP contribution is 2.36. The average Bonchev–Trinajstić information content (AvgIpc) is 3.48. The Bertz CT molecular complexity index is 1230. The first-order chi connectivity index (χ1) is 16.9. The van der Waals surface area contributed by atoms with Crippen LogP contribution in [0.25, 0.3) is 11.5 Å². The van der Waals surface area contributed by atoms with E-state index >= 15 is 0 Å². The van der Waals surface area contributed by atoms with Crippen LogP contribution in [0.3, 0.4) is 0 Å². The second kappa shape index (κ2) is 9.53. The van der Waals surface area contributed by atoms with Gasteiger partial charge in [-0.05, 0) is 56.5 Å². The smallest absolute Gasteiger partial charge is 0.277 e. The van der Waals surface area contributed by atoms with Crippen LogP contribution in [0.1, 0.15) is 67.9 Å². The van der Waals surface area contributed by atoms with Crippen molar-refractivity contribution in [2.45, 2.75) is 76.9 Å². The summed E-state index contributed by atoms with van der Waals surface area (Å²) < 4.78 is 7.13. The maximum absolute atomic E-state index is 13.9. The zero-order valence-electron chi connectivity index (χ0n) is 20.2. The zero-order chi connectivity index (χ0) is 24.6. The fraction of sp³-hybridized carbons (Fsp3) is 0.444. The number of fused-ring (bicyclic) bond motifs is 1. The predicted octanol–water partition coefficient (Wildman–Crippen LogP) is 5.75. The monoisotopic (exact) mass is 494 g/mol. The minimum atomic E-state index is -1.18. The zero-order valence-corrected chi connectivity index (χ0v) is 21.0. The van der Waals surface area contributed by atoms with Crippen LogP contribution in [-0.4, -0.2) is 33.2 Å². The number of furan rings is 1. The second-order valence-electron chi connectivity index (χ2n) is 9.91. The number of aryl methyl sites for hydroxylation is 1. The number of halogens is 1. The van der Waals surface area contributed by atoms with Crippen molar-refractivity contribution in [3.8, 4) is 11.5 Å². The lowest BCUT2D eigenvalue weighted by molar-refractivity contribution is -0.127. The van der Waals surface area contributed by atoms with E-state index < -0.39 is 5.54 Å². The van der Waals surface area contributed by atoms with Crippen LogP contribution in [0.4, 0.5) is 5.69 Å².